The Morgan fingerprint density at radius 2 is 1.68 bits per heavy atom. The van der Waals surface area contributed by atoms with Crippen LogP contribution in [0, 0.1) is 0 Å². The molecule has 0 radical (unpaired) electrons. The van der Waals surface area contributed by atoms with Gasteiger partial charge in [0.2, 0.25) is 0 Å². The van der Waals surface area contributed by atoms with Crippen molar-refractivity contribution < 1.29 is 23.8 Å². The summed E-state index contributed by atoms with van der Waals surface area (Å²) in [7, 11) is 0. The lowest BCUT2D eigenvalue weighted by molar-refractivity contribution is -0.133. The zero-order valence-electron chi connectivity index (χ0n) is 19.9. The van der Waals surface area contributed by atoms with Gasteiger partial charge in [0.15, 0.2) is 11.2 Å². The molecule has 0 amide bonds. The number of ether oxygens (including phenoxy) is 1. The second-order valence-electron chi connectivity index (χ2n) is 8.46. The fourth-order valence-electron chi connectivity index (χ4n) is 4.83. The van der Waals surface area contributed by atoms with E-state index in [2.05, 4.69) is 0 Å². The second-order valence-corrected chi connectivity index (χ2v) is 8.46. The summed E-state index contributed by atoms with van der Waals surface area (Å²) < 4.78 is 11.8. The molecule has 0 saturated carbocycles. The number of hydrogen-bond donors (Lipinski definition) is 1. The van der Waals surface area contributed by atoms with Gasteiger partial charge in [0.05, 0.1) is 5.41 Å². The van der Waals surface area contributed by atoms with E-state index < -0.39 is 10.8 Å². The molecule has 34 heavy (non-hydrogen) atoms. The number of allylic oxidation sites excluding steroid dienone is 1. The summed E-state index contributed by atoms with van der Waals surface area (Å²) in [5, 5.41) is 12.3. The number of benzene rings is 2. The van der Waals surface area contributed by atoms with Gasteiger partial charge in [0, 0.05) is 29.0 Å². The van der Waals surface area contributed by atoms with Crippen molar-refractivity contribution in [2.45, 2.75) is 58.8 Å². The molecule has 1 aromatic heterocycles. The smallest absolute Gasteiger partial charge is 0.310 e. The monoisotopic (exact) mass is 460 g/mol. The van der Waals surface area contributed by atoms with Gasteiger partial charge in [-0.15, -0.1) is 0 Å². The number of rotatable bonds is 6. The van der Waals surface area contributed by atoms with Gasteiger partial charge in [-0.2, -0.15) is 0 Å². The van der Waals surface area contributed by atoms with Crippen LogP contribution in [0.15, 0.2) is 57.2 Å². The predicted octanol–water partition coefficient (Wildman–Crippen LogP) is 6.10. The fourth-order valence-corrected chi connectivity index (χ4v) is 4.83. The van der Waals surface area contributed by atoms with Crippen molar-refractivity contribution in [1.29, 1.82) is 0 Å². The Morgan fingerprint density at radius 1 is 1.00 bits per heavy atom. The molecule has 6 nitrogen and oxygen atoms in total. The standard InChI is InChI=1S/C28H28O6/c1-5-16-25(31)24-20(29)15-22(34-27(24)28(7-3,8-4)26(16)32)19-13-14-21(33-23(30)6-2)18-12-10-9-11-17(18)19/h9-15,31H,5-8H2,1-4H3. The van der Waals surface area contributed by atoms with E-state index >= 15 is 0 Å². The third kappa shape index (κ3) is 3.45. The van der Waals surface area contributed by atoms with Crippen LogP contribution in [-0.4, -0.2) is 16.9 Å². The minimum Gasteiger partial charge on any atom is -0.507 e. The maximum absolute atomic E-state index is 13.4. The number of hydrogen-bond acceptors (Lipinski definition) is 6. The number of aliphatic hydroxyl groups excluding tert-OH is 1. The second kappa shape index (κ2) is 8.93. The van der Waals surface area contributed by atoms with E-state index in [0.717, 1.165) is 5.39 Å². The highest BCUT2D eigenvalue weighted by molar-refractivity contribution is 6.10. The van der Waals surface area contributed by atoms with Crippen LogP contribution in [0.3, 0.4) is 0 Å². The van der Waals surface area contributed by atoms with Gasteiger partial charge in [0.25, 0.3) is 0 Å². The highest BCUT2D eigenvalue weighted by Gasteiger charge is 2.48. The van der Waals surface area contributed by atoms with E-state index in [9.17, 15) is 19.5 Å². The van der Waals surface area contributed by atoms with Gasteiger partial charge < -0.3 is 14.3 Å². The van der Waals surface area contributed by atoms with E-state index in [1.807, 2.05) is 38.1 Å². The number of carbonyl (C=O) groups is 2. The van der Waals surface area contributed by atoms with Crippen LogP contribution in [0.2, 0.25) is 0 Å². The lowest BCUT2D eigenvalue weighted by Crippen LogP contribution is -2.41. The Kier molecular flexibility index (Phi) is 6.17. The molecule has 3 aromatic rings. The van der Waals surface area contributed by atoms with Gasteiger partial charge in [-0.05, 0) is 36.8 Å². The van der Waals surface area contributed by atoms with Crippen molar-refractivity contribution in [2.24, 2.45) is 0 Å². The molecule has 1 aliphatic rings. The molecule has 1 aliphatic carbocycles. The van der Waals surface area contributed by atoms with Crippen LogP contribution in [0.4, 0.5) is 0 Å². The van der Waals surface area contributed by atoms with E-state index in [4.69, 9.17) is 9.15 Å². The maximum Gasteiger partial charge on any atom is 0.310 e. The van der Waals surface area contributed by atoms with Crippen LogP contribution in [0.25, 0.3) is 27.9 Å². The average molecular weight is 461 g/mol. The molecular weight excluding hydrogens is 432 g/mol. The number of fused-ring (bicyclic) bond motifs is 2. The van der Waals surface area contributed by atoms with E-state index in [1.165, 1.54) is 6.07 Å². The van der Waals surface area contributed by atoms with Gasteiger partial charge in [-0.3, -0.25) is 14.4 Å². The van der Waals surface area contributed by atoms with Crippen molar-refractivity contribution in [1.82, 2.24) is 0 Å². The summed E-state index contributed by atoms with van der Waals surface area (Å²) in [5.41, 5.74) is -0.450. The van der Waals surface area contributed by atoms with Gasteiger partial charge in [-0.25, -0.2) is 0 Å². The Morgan fingerprint density at radius 3 is 2.29 bits per heavy atom. The molecule has 0 atom stereocenters. The first-order chi connectivity index (χ1) is 16.3. The molecule has 0 saturated heterocycles. The third-order valence-electron chi connectivity index (χ3n) is 6.84. The van der Waals surface area contributed by atoms with Crippen LogP contribution in [0.5, 0.6) is 5.75 Å². The Bertz CT molecular complexity index is 1390. The zero-order chi connectivity index (χ0) is 24.6. The number of esters is 1. The van der Waals surface area contributed by atoms with Crippen LogP contribution >= 0.6 is 0 Å². The summed E-state index contributed by atoms with van der Waals surface area (Å²) in [6.07, 6.45) is 1.45. The molecule has 1 N–H and O–H groups in total. The third-order valence-corrected chi connectivity index (χ3v) is 6.84. The zero-order valence-corrected chi connectivity index (χ0v) is 19.9. The van der Waals surface area contributed by atoms with Gasteiger partial charge in [-0.1, -0.05) is 52.0 Å². The quantitative estimate of drug-likeness (QED) is 0.353. The first-order valence-electron chi connectivity index (χ1n) is 11.7. The highest BCUT2D eigenvalue weighted by atomic mass is 16.5. The molecule has 1 heterocycles. The summed E-state index contributed by atoms with van der Waals surface area (Å²) in [6, 6.07) is 12.2. The van der Waals surface area contributed by atoms with Crippen molar-refractivity contribution in [3.63, 3.8) is 0 Å². The Labute approximate surface area is 197 Å². The van der Waals surface area contributed by atoms with E-state index in [0.29, 0.717) is 41.7 Å². The van der Waals surface area contributed by atoms with Crippen molar-refractivity contribution in [2.75, 3.05) is 0 Å². The summed E-state index contributed by atoms with van der Waals surface area (Å²) in [5.74, 6) is 0.0992. The molecule has 0 bridgehead atoms. The predicted molar refractivity (Wildman–Crippen MR) is 131 cm³/mol. The van der Waals surface area contributed by atoms with E-state index in [1.54, 1.807) is 26.0 Å². The first-order valence-corrected chi connectivity index (χ1v) is 11.7. The minimum atomic E-state index is -1.02. The normalized spacial score (nSPS) is 14.9. The lowest BCUT2D eigenvalue weighted by Gasteiger charge is -2.35. The van der Waals surface area contributed by atoms with Crippen LogP contribution in [-0.2, 0) is 15.0 Å². The minimum absolute atomic E-state index is 0.0710. The molecule has 6 heteroatoms. The van der Waals surface area contributed by atoms with Crippen LogP contribution < -0.4 is 10.2 Å². The summed E-state index contributed by atoms with van der Waals surface area (Å²) >= 11 is 0. The molecule has 0 fully saturated rings. The molecule has 2 aromatic carbocycles. The van der Waals surface area contributed by atoms with Crippen molar-refractivity contribution in [3.8, 4) is 17.1 Å². The maximum atomic E-state index is 13.4. The number of Topliss-reactive ketones (excluding diaryl/α,β-unsaturated/α-hetero) is 1. The topological polar surface area (TPSA) is 93.8 Å². The number of carbonyl (C=O) groups excluding carboxylic acids is 2. The highest BCUT2D eigenvalue weighted by Crippen LogP contribution is 2.45. The van der Waals surface area contributed by atoms with Gasteiger partial charge >= 0.3 is 5.97 Å². The molecular formula is C28H28O6. The largest absolute Gasteiger partial charge is 0.507 e. The van der Waals surface area contributed by atoms with Gasteiger partial charge in [0.1, 0.15) is 28.6 Å². The average Bonchev–Trinajstić information content (AvgIpc) is 2.85. The van der Waals surface area contributed by atoms with E-state index in [-0.39, 0.29) is 40.8 Å². The van der Waals surface area contributed by atoms with Crippen molar-refractivity contribution >= 4 is 28.3 Å². The number of aliphatic hydroxyl groups is 1. The Balaban J connectivity index is 2.01. The fraction of sp³-hybridized carbons (Fsp3) is 0.321. The lowest BCUT2D eigenvalue weighted by atomic mass is 9.68. The molecule has 0 aliphatic heterocycles. The first kappa shape index (κ1) is 23.5. The summed E-state index contributed by atoms with van der Waals surface area (Å²) in [4.78, 5) is 38.6. The molecule has 4 rings (SSSR count). The van der Waals surface area contributed by atoms with Crippen molar-refractivity contribution in [3.05, 3.63) is 69.6 Å². The molecule has 176 valence electrons. The molecule has 0 unspecified atom stereocenters. The Hall–Kier alpha value is -3.67. The molecule has 0 spiro atoms. The SMILES string of the molecule is CCC(=O)Oc1ccc(-c2cc(=O)c3c(o2)C(CC)(CC)C(=O)C(CC)=C3O)c2ccccc12. The number of ketones is 1. The summed E-state index contributed by atoms with van der Waals surface area (Å²) in [6.45, 7) is 7.29. The van der Waals surface area contributed by atoms with Crippen LogP contribution in [0.1, 0.15) is 64.7 Å².